The molecule has 1 aliphatic heterocycles. The van der Waals surface area contributed by atoms with Crippen molar-refractivity contribution >= 4 is 17.3 Å². The van der Waals surface area contributed by atoms with Crippen molar-refractivity contribution in [2.45, 2.75) is 13.0 Å². The lowest BCUT2D eigenvalue weighted by Crippen LogP contribution is -2.52. The quantitative estimate of drug-likeness (QED) is 0.885. The second kappa shape index (κ2) is 7.89. The van der Waals surface area contributed by atoms with Crippen molar-refractivity contribution in [3.05, 3.63) is 54.1 Å². The molecule has 0 bridgehead atoms. The maximum atomic E-state index is 12.5. The van der Waals surface area contributed by atoms with Gasteiger partial charge in [0.25, 0.3) is 0 Å². The highest BCUT2D eigenvalue weighted by molar-refractivity contribution is 5.94. The Hall–Kier alpha value is -3.04. The highest BCUT2D eigenvalue weighted by atomic mass is 16.3. The molecule has 3 rings (SSSR count). The molecule has 0 unspecified atom stereocenters. The number of rotatable bonds is 4. The third-order valence-electron chi connectivity index (χ3n) is 4.75. The van der Waals surface area contributed by atoms with E-state index in [1.165, 1.54) is 0 Å². The molecule has 0 aromatic heterocycles. The Labute approximate surface area is 153 Å². The van der Waals surface area contributed by atoms with E-state index in [0.29, 0.717) is 11.3 Å². The first-order valence-electron chi connectivity index (χ1n) is 8.66. The van der Waals surface area contributed by atoms with Crippen LogP contribution in [0.15, 0.2) is 48.5 Å². The van der Waals surface area contributed by atoms with E-state index in [2.05, 4.69) is 21.2 Å². The number of anilines is 2. The van der Waals surface area contributed by atoms with E-state index in [1.54, 1.807) is 30.3 Å². The Kier molecular flexibility index (Phi) is 5.40. The Morgan fingerprint density at radius 3 is 2.38 bits per heavy atom. The molecule has 0 aliphatic carbocycles. The van der Waals surface area contributed by atoms with Gasteiger partial charge in [-0.2, -0.15) is 5.26 Å². The number of hydrogen-bond donors (Lipinski definition) is 2. The summed E-state index contributed by atoms with van der Waals surface area (Å²) in [7, 11) is 0. The van der Waals surface area contributed by atoms with Crippen LogP contribution in [0.1, 0.15) is 12.5 Å². The molecule has 2 N–H and O–H groups in total. The molecule has 1 amide bonds. The van der Waals surface area contributed by atoms with Gasteiger partial charge < -0.3 is 15.3 Å². The highest BCUT2D eigenvalue weighted by Gasteiger charge is 2.26. The minimum absolute atomic E-state index is 0.0642. The van der Waals surface area contributed by atoms with Gasteiger partial charge in [0.2, 0.25) is 5.91 Å². The minimum atomic E-state index is -0.253. The Bertz CT molecular complexity index is 805. The molecular formula is C20H22N4O2. The molecule has 2 aromatic rings. The summed E-state index contributed by atoms with van der Waals surface area (Å²) in [5.41, 5.74) is 2.09. The Morgan fingerprint density at radius 1 is 1.12 bits per heavy atom. The molecule has 0 spiro atoms. The number of phenols is 1. The van der Waals surface area contributed by atoms with Crippen molar-refractivity contribution in [2.75, 3.05) is 36.4 Å². The zero-order valence-electron chi connectivity index (χ0n) is 14.7. The van der Waals surface area contributed by atoms with Gasteiger partial charge in [-0.15, -0.1) is 0 Å². The predicted molar refractivity (Wildman–Crippen MR) is 101 cm³/mol. The minimum Gasteiger partial charge on any atom is -0.506 e. The molecule has 1 fully saturated rings. The number of piperazine rings is 1. The smallest absolute Gasteiger partial charge is 0.241 e. The lowest BCUT2D eigenvalue weighted by atomic mass is 10.1. The summed E-state index contributed by atoms with van der Waals surface area (Å²) in [6, 6.07) is 16.0. The number of phenolic OH excluding ortho intramolecular Hbond substituents is 1. The first kappa shape index (κ1) is 17.8. The SMILES string of the molecule is C[C@H](C(=O)Nc1ccc(C#N)cc1)N1CCN(c2ccccc2O)CC1. The fourth-order valence-electron chi connectivity index (χ4n) is 3.12. The second-order valence-corrected chi connectivity index (χ2v) is 6.37. The van der Waals surface area contributed by atoms with Crippen molar-refractivity contribution in [3.63, 3.8) is 0 Å². The average Bonchev–Trinajstić information content (AvgIpc) is 2.68. The van der Waals surface area contributed by atoms with E-state index in [9.17, 15) is 9.90 Å². The number of carbonyl (C=O) groups excluding carboxylic acids is 1. The van der Waals surface area contributed by atoms with Crippen LogP contribution in [0.3, 0.4) is 0 Å². The Balaban J connectivity index is 1.55. The maximum Gasteiger partial charge on any atom is 0.241 e. The summed E-state index contributed by atoms with van der Waals surface area (Å²) in [6.45, 7) is 4.90. The van der Waals surface area contributed by atoms with E-state index in [1.807, 2.05) is 25.1 Å². The molecule has 1 aliphatic rings. The molecular weight excluding hydrogens is 328 g/mol. The molecule has 1 saturated heterocycles. The monoisotopic (exact) mass is 350 g/mol. The van der Waals surface area contributed by atoms with Crippen molar-refractivity contribution in [3.8, 4) is 11.8 Å². The molecule has 1 atom stereocenters. The summed E-state index contributed by atoms with van der Waals surface area (Å²) >= 11 is 0. The largest absolute Gasteiger partial charge is 0.506 e. The maximum absolute atomic E-state index is 12.5. The standard InChI is InChI=1S/C20H22N4O2/c1-15(20(26)22-17-8-6-16(14-21)7-9-17)23-10-12-24(13-11-23)18-4-2-3-5-19(18)25/h2-9,15,25H,10-13H2,1H3,(H,22,26)/t15-/m1/s1. The van der Waals surface area contributed by atoms with Crippen LogP contribution in [0, 0.1) is 11.3 Å². The van der Waals surface area contributed by atoms with Crippen LogP contribution >= 0.6 is 0 Å². The van der Waals surface area contributed by atoms with Crippen LogP contribution in [0.2, 0.25) is 0 Å². The predicted octanol–water partition coefficient (Wildman–Crippen LogP) is 2.41. The topological polar surface area (TPSA) is 79.6 Å². The molecule has 2 aromatic carbocycles. The molecule has 6 heteroatoms. The number of hydrogen-bond acceptors (Lipinski definition) is 5. The van der Waals surface area contributed by atoms with E-state index in [0.717, 1.165) is 31.9 Å². The van der Waals surface area contributed by atoms with Gasteiger partial charge in [0.05, 0.1) is 23.4 Å². The summed E-state index contributed by atoms with van der Waals surface area (Å²) in [4.78, 5) is 16.8. The van der Waals surface area contributed by atoms with Gasteiger partial charge in [0.15, 0.2) is 0 Å². The van der Waals surface area contributed by atoms with Crippen LogP contribution in [-0.2, 0) is 4.79 Å². The molecule has 26 heavy (non-hydrogen) atoms. The van der Waals surface area contributed by atoms with Gasteiger partial charge >= 0.3 is 0 Å². The average molecular weight is 350 g/mol. The summed E-state index contributed by atoms with van der Waals surface area (Å²) in [6.07, 6.45) is 0. The first-order chi connectivity index (χ1) is 12.6. The van der Waals surface area contributed by atoms with Gasteiger partial charge in [-0.3, -0.25) is 9.69 Å². The van der Waals surface area contributed by atoms with Gasteiger partial charge in [-0.25, -0.2) is 0 Å². The number of benzene rings is 2. The lowest BCUT2D eigenvalue weighted by molar-refractivity contribution is -0.120. The Morgan fingerprint density at radius 2 is 1.77 bits per heavy atom. The number of nitrogens with zero attached hydrogens (tertiary/aromatic N) is 3. The van der Waals surface area contributed by atoms with Crippen LogP contribution in [0.4, 0.5) is 11.4 Å². The van der Waals surface area contributed by atoms with Gasteiger partial charge in [0, 0.05) is 31.9 Å². The molecule has 134 valence electrons. The number of para-hydroxylation sites is 2. The first-order valence-corrected chi connectivity index (χ1v) is 8.66. The van der Waals surface area contributed by atoms with E-state index < -0.39 is 0 Å². The molecule has 0 radical (unpaired) electrons. The van der Waals surface area contributed by atoms with Crippen LogP contribution < -0.4 is 10.2 Å². The van der Waals surface area contributed by atoms with Crippen LogP contribution in [0.25, 0.3) is 0 Å². The third kappa shape index (κ3) is 3.95. The molecule has 6 nitrogen and oxygen atoms in total. The second-order valence-electron chi connectivity index (χ2n) is 6.37. The van der Waals surface area contributed by atoms with Crippen molar-refractivity contribution in [2.24, 2.45) is 0 Å². The molecule has 0 saturated carbocycles. The highest BCUT2D eigenvalue weighted by Crippen LogP contribution is 2.27. The molecule has 1 heterocycles. The third-order valence-corrected chi connectivity index (χ3v) is 4.75. The van der Waals surface area contributed by atoms with Gasteiger partial charge in [-0.05, 0) is 43.3 Å². The number of aromatic hydroxyl groups is 1. The number of nitriles is 1. The summed E-state index contributed by atoms with van der Waals surface area (Å²) in [5.74, 6) is 0.221. The van der Waals surface area contributed by atoms with E-state index in [4.69, 9.17) is 5.26 Å². The number of carbonyl (C=O) groups is 1. The lowest BCUT2D eigenvalue weighted by Gasteiger charge is -2.38. The van der Waals surface area contributed by atoms with Crippen molar-refractivity contribution in [1.29, 1.82) is 5.26 Å². The van der Waals surface area contributed by atoms with E-state index >= 15 is 0 Å². The van der Waals surface area contributed by atoms with Crippen LogP contribution in [-0.4, -0.2) is 48.1 Å². The number of nitrogens with one attached hydrogen (secondary N) is 1. The van der Waals surface area contributed by atoms with Crippen molar-refractivity contribution in [1.82, 2.24) is 4.90 Å². The summed E-state index contributed by atoms with van der Waals surface area (Å²) < 4.78 is 0. The fourth-order valence-corrected chi connectivity index (χ4v) is 3.12. The zero-order valence-corrected chi connectivity index (χ0v) is 14.7. The normalized spacial score (nSPS) is 15.9. The van der Waals surface area contributed by atoms with E-state index in [-0.39, 0.29) is 17.7 Å². The summed E-state index contributed by atoms with van der Waals surface area (Å²) in [5, 5.41) is 21.7. The number of amides is 1. The van der Waals surface area contributed by atoms with Crippen molar-refractivity contribution < 1.29 is 9.90 Å². The van der Waals surface area contributed by atoms with Gasteiger partial charge in [0.1, 0.15) is 5.75 Å². The fraction of sp³-hybridized carbons (Fsp3) is 0.300. The van der Waals surface area contributed by atoms with Crippen LogP contribution in [0.5, 0.6) is 5.75 Å². The van der Waals surface area contributed by atoms with Gasteiger partial charge in [-0.1, -0.05) is 12.1 Å². The zero-order chi connectivity index (χ0) is 18.5.